The normalized spacial score (nSPS) is 10.3. The molecule has 0 bridgehead atoms. The van der Waals surface area contributed by atoms with Crippen LogP contribution < -0.4 is 16.0 Å². The lowest BCUT2D eigenvalue weighted by Crippen LogP contribution is -2.27. The molecule has 22 heavy (non-hydrogen) atoms. The van der Waals surface area contributed by atoms with Crippen molar-refractivity contribution in [2.75, 3.05) is 23.3 Å². The number of nitrogens with two attached hydrogens (primary N) is 1. The molecule has 0 saturated heterocycles. The van der Waals surface area contributed by atoms with Crippen molar-refractivity contribution in [1.82, 2.24) is 0 Å². The third kappa shape index (κ3) is 4.33. The highest BCUT2D eigenvalue weighted by Gasteiger charge is 2.09. The number of anilines is 2. The number of amides is 1. The summed E-state index contributed by atoms with van der Waals surface area (Å²) in [5, 5.41) is 2.95. The number of nitrogens with one attached hydrogen (secondary N) is 1. The first-order chi connectivity index (χ1) is 10.7. The van der Waals surface area contributed by atoms with Crippen LogP contribution in [0.1, 0.15) is 18.9 Å². The van der Waals surface area contributed by atoms with Crippen molar-refractivity contribution in [2.45, 2.75) is 19.9 Å². The van der Waals surface area contributed by atoms with Crippen LogP contribution in [0.3, 0.4) is 0 Å². The van der Waals surface area contributed by atoms with Gasteiger partial charge in [-0.15, -0.1) is 0 Å². The maximum Gasteiger partial charge on any atom is 0.226 e. The molecule has 0 aliphatic rings. The van der Waals surface area contributed by atoms with Crippen LogP contribution in [0.4, 0.5) is 11.4 Å². The molecular weight excluding hydrogens is 274 g/mol. The van der Waals surface area contributed by atoms with E-state index in [9.17, 15) is 4.79 Å². The highest BCUT2D eigenvalue weighted by Crippen LogP contribution is 2.16. The minimum absolute atomic E-state index is 0.00952. The average Bonchev–Trinajstić information content (AvgIpc) is 2.57. The van der Waals surface area contributed by atoms with Crippen molar-refractivity contribution in [2.24, 2.45) is 5.73 Å². The van der Waals surface area contributed by atoms with Crippen LogP contribution in [0, 0.1) is 0 Å². The fraction of sp³-hybridized carbons (Fsp3) is 0.278. The SMILES string of the molecule is CCN(CCC(=O)Nc1ccccc1CN)c1ccccc1. The fourth-order valence-electron chi connectivity index (χ4n) is 2.38. The van der Waals surface area contributed by atoms with Gasteiger partial charge < -0.3 is 16.0 Å². The predicted octanol–water partition coefficient (Wildman–Crippen LogP) is 3.00. The van der Waals surface area contributed by atoms with E-state index in [1.807, 2.05) is 42.5 Å². The van der Waals surface area contributed by atoms with Gasteiger partial charge in [0.2, 0.25) is 5.91 Å². The van der Waals surface area contributed by atoms with Gasteiger partial charge in [-0.05, 0) is 30.7 Å². The van der Waals surface area contributed by atoms with E-state index < -0.39 is 0 Å². The second-order valence-corrected chi connectivity index (χ2v) is 5.07. The molecule has 2 rings (SSSR count). The van der Waals surface area contributed by atoms with Gasteiger partial charge in [0.1, 0.15) is 0 Å². The number of rotatable bonds is 7. The van der Waals surface area contributed by atoms with Gasteiger partial charge in [-0.1, -0.05) is 36.4 Å². The topological polar surface area (TPSA) is 58.4 Å². The van der Waals surface area contributed by atoms with E-state index in [2.05, 4.69) is 29.3 Å². The summed E-state index contributed by atoms with van der Waals surface area (Å²) in [5.74, 6) is 0.00952. The summed E-state index contributed by atoms with van der Waals surface area (Å²) in [7, 11) is 0. The quantitative estimate of drug-likeness (QED) is 0.826. The molecular formula is C18H23N3O. The number of hydrogen-bond acceptors (Lipinski definition) is 3. The smallest absolute Gasteiger partial charge is 0.226 e. The fourth-order valence-corrected chi connectivity index (χ4v) is 2.38. The van der Waals surface area contributed by atoms with Crippen LogP contribution in [0.2, 0.25) is 0 Å². The Labute approximate surface area is 131 Å². The number of carbonyl (C=O) groups excluding carboxylic acids is 1. The Hall–Kier alpha value is -2.33. The van der Waals surface area contributed by atoms with Crippen molar-refractivity contribution in [3.8, 4) is 0 Å². The van der Waals surface area contributed by atoms with Crippen LogP contribution in [0.25, 0.3) is 0 Å². The van der Waals surface area contributed by atoms with E-state index in [0.29, 0.717) is 19.5 Å². The second-order valence-electron chi connectivity index (χ2n) is 5.07. The Kier molecular flexibility index (Phi) is 5.98. The first-order valence-corrected chi connectivity index (χ1v) is 7.62. The van der Waals surface area contributed by atoms with E-state index in [1.165, 1.54) is 0 Å². The standard InChI is InChI=1S/C18H23N3O/c1-2-21(16-9-4-3-5-10-16)13-12-18(22)20-17-11-7-6-8-15(17)14-19/h3-11H,2,12-14,19H2,1H3,(H,20,22). The van der Waals surface area contributed by atoms with Gasteiger partial charge >= 0.3 is 0 Å². The zero-order valence-corrected chi connectivity index (χ0v) is 13.0. The van der Waals surface area contributed by atoms with Gasteiger partial charge in [-0.3, -0.25) is 4.79 Å². The van der Waals surface area contributed by atoms with E-state index in [4.69, 9.17) is 5.73 Å². The van der Waals surface area contributed by atoms with Crippen molar-refractivity contribution >= 4 is 17.3 Å². The van der Waals surface area contributed by atoms with Crippen molar-refractivity contribution < 1.29 is 4.79 Å². The van der Waals surface area contributed by atoms with E-state index in [1.54, 1.807) is 0 Å². The van der Waals surface area contributed by atoms with Crippen molar-refractivity contribution in [1.29, 1.82) is 0 Å². The zero-order valence-electron chi connectivity index (χ0n) is 13.0. The molecule has 2 aromatic carbocycles. The Balaban J connectivity index is 1.92. The first kappa shape index (κ1) is 16.0. The largest absolute Gasteiger partial charge is 0.371 e. The molecule has 0 saturated carbocycles. The number of hydrogen-bond donors (Lipinski definition) is 2. The molecule has 0 radical (unpaired) electrons. The summed E-state index contributed by atoms with van der Waals surface area (Å²) in [6.45, 7) is 4.07. The second kappa shape index (κ2) is 8.20. The summed E-state index contributed by atoms with van der Waals surface area (Å²) in [6, 6.07) is 17.8. The van der Waals surface area contributed by atoms with Crippen molar-refractivity contribution in [3.63, 3.8) is 0 Å². The molecule has 0 spiro atoms. The lowest BCUT2D eigenvalue weighted by molar-refractivity contribution is -0.116. The molecule has 0 aromatic heterocycles. The van der Waals surface area contributed by atoms with Gasteiger partial charge in [0.25, 0.3) is 0 Å². The lowest BCUT2D eigenvalue weighted by Gasteiger charge is -2.22. The number of para-hydroxylation sites is 2. The number of carbonyl (C=O) groups is 1. The highest BCUT2D eigenvalue weighted by molar-refractivity contribution is 5.91. The highest BCUT2D eigenvalue weighted by atomic mass is 16.1. The number of nitrogens with zero attached hydrogens (tertiary/aromatic N) is 1. The van der Waals surface area contributed by atoms with Crippen molar-refractivity contribution in [3.05, 3.63) is 60.2 Å². The van der Waals surface area contributed by atoms with Gasteiger partial charge in [0, 0.05) is 37.4 Å². The summed E-state index contributed by atoms with van der Waals surface area (Å²) in [5.41, 5.74) is 8.58. The third-order valence-electron chi connectivity index (χ3n) is 3.62. The molecule has 1 amide bonds. The average molecular weight is 297 g/mol. The minimum Gasteiger partial charge on any atom is -0.371 e. The molecule has 0 aliphatic carbocycles. The summed E-state index contributed by atoms with van der Waals surface area (Å²) in [4.78, 5) is 14.3. The zero-order chi connectivity index (χ0) is 15.8. The van der Waals surface area contributed by atoms with Crippen LogP contribution >= 0.6 is 0 Å². The third-order valence-corrected chi connectivity index (χ3v) is 3.62. The van der Waals surface area contributed by atoms with Gasteiger partial charge in [-0.25, -0.2) is 0 Å². The Bertz CT molecular complexity index is 598. The Morgan fingerprint density at radius 3 is 2.45 bits per heavy atom. The number of benzene rings is 2. The summed E-state index contributed by atoms with van der Waals surface area (Å²) < 4.78 is 0. The monoisotopic (exact) mass is 297 g/mol. The first-order valence-electron chi connectivity index (χ1n) is 7.62. The molecule has 4 heteroatoms. The van der Waals surface area contributed by atoms with Gasteiger partial charge in [-0.2, -0.15) is 0 Å². The van der Waals surface area contributed by atoms with Crippen LogP contribution in [-0.4, -0.2) is 19.0 Å². The summed E-state index contributed by atoms with van der Waals surface area (Å²) in [6.07, 6.45) is 0.446. The molecule has 0 atom stereocenters. The maximum absolute atomic E-state index is 12.2. The van der Waals surface area contributed by atoms with Crippen LogP contribution in [0.15, 0.2) is 54.6 Å². The molecule has 0 unspecified atom stereocenters. The minimum atomic E-state index is 0.00952. The molecule has 3 N–H and O–H groups in total. The van der Waals surface area contributed by atoms with Crippen LogP contribution in [0.5, 0.6) is 0 Å². The lowest BCUT2D eigenvalue weighted by atomic mass is 10.1. The molecule has 2 aromatic rings. The molecule has 0 fully saturated rings. The van der Waals surface area contributed by atoms with E-state index >= 15 is 0 Å². The molecule has 0 aliphatic heterocycles. The van der Waals surface area contributed by atoms with Crippen LogP contribution in [-0.2, 0) is 11.3 Å². The van der Waals surface area contributed by atoms with E-state index in [-0.39, 0.29) is 5.91 Å². The Morgan fingerprint density at radius 1 is 1.09 bits per heavy atom. The molecule has 0 heterocycles. The summed E-state index contributed by atoms with van der Waals surface area (Å²) >= 11 is 0. The van der Waals surface area contributed by atoms with Gasteiger partial charge in [0.15, 0.2) is 0 Å². The molecule has 116 valence electrons. The van der Waals surface area contributed by atoms with E-state index in [0.717, 1.165) is 23.5 Å². The maximum atomic E-state index is 12.2. The predicted molar refractivity (Wildman–Crippen MR) is 91.9 cm³/mol. The van der Waals surface area contributed by atoms with Gasteiger partial charge in [0.05, 0.1) is 0 Å². The molecule has 4 nitrogen and oxygen atoms in total. The Morgan fingerprint density at radius 2 is 1.77 bits per heavy atom.